The van der Waals surface area contributed by atoms with Gasteiger partial charge >= 0.3 is 0 Å². The summed E-state index contributed by atoms with van der Waals surface area (Å²) in [5, 5.41) is 0. The summed E-state index contributed by atoms with van der Waals surface area (Å²) in [6, 6.07) is 19.8. The van der Waals surface area contributed by atoms with E-state index in [1.807, 2.05) is 35.2 Å². The summed E-state index contributed by atoms with van der Waals surface area (Å²) in [5.41, 5.74) is 4.25. The molecule has 1 aliphatic heterocycles. The molecule has 3 aromatic rings. The number of hydrogen-bond donors (Lipinski definition) is 0. The minimum Gasteiger partial charge on any atom is -0.467 e. The molecule has 0 saturated heterocycles. The maximum atomic E-state index is 13.7. The van der Waals surface area contributed by atoms with Gasteiger partial charge in [0.05, 0.1) is 18.5 Å². The zero-order valence-corrected chi connectivity index (χ0v) is 19.1. The van der Waals surface area contributed by atoms with Gasteiger partial charge in [0.15, 0.2) is 0 Å². The Morgan fingerprint density at radius 1 is 1.03 bits per heavy atom. The highest BCUT2D eigenvalue weighted by atomic mass is 16.3. The molecule has 2 heterocycles. The predicted molar refractivity (Wildman–Crippen MR) is 129 cm³/mol. The average molecular weight is 430 g/mol. The third-order valence-electron chi connectivity index (χ3n) is 5.70. The third-order valence-corrected chi connectivity index (χ3v) is 5.70. The summed E-state index contributed by atoms with van der Waals surface area (Å²) >= 11 is 0. The summed E-state index contributed by atoms with van der Waals surface area (Å²) in [5.74, 6) is 1.60. The smallest absolute Gasteiger partial charge is 0.259 e. The highest BCUT2D eigenvalue weighted by molar-refractivity contribution is 6.22. The molecule has 0 saturated carbocycles. The molecule has 1 aliphatic rings. The van der Waals surface area contributed by atoms with Crippen molar-refractivity contribution in [1.29, 1.82) is 0 Å². The van der Waals surface area contributed by atoms with E-state index in [0.29, 0.717) is 18.9 Å². The van der Waals surface area contributed by atoms with Crippen LogP contribution in [0.3, 0.4) is 0 Å². The molecule has 0 aliphatic carbocycles. The summed E-state index contributed by atoms with van der Waals surface area (Å²) in [6.07, 6.45) is 4.35. The van der Waals surface area contributed by atoms with E-state index < -0.39 is 6.04 Å². The molecule has 0 fully saturated rings. The third kappa shape index (κ3) is 4.93. The van der Waals surface area contributed by atoms with E-state index in [-0.39, 0.29) is 5.91 Å². The van der Waals surface area contributed by atoms with Crippen LogP contribution in [-0.4, -0.2) is 29.4 Å². The van der Waals surface area contributed by atoms with E-state index in [1.165, 1.54) is 0 Å². The second-order valence-corrected chi connectivity index (χ2v) is 8.51. The summed E-state index contributed by atoms with van der Waals surface area (Å²) in [4.78, 5) is 22.7. The topological polar surface area (TPSA) is 49.1 Å². The van der Waals surface area contributed by atoms with Gasteiger partial charge in [-0.15, -0.1) is 0 Å². The Balaban J connectivity index is 1.72. The van der Waals surface area contributed by atoms with Gasteiger partial charge in [0.25, 0.3) is 5.91 Å². The molecule has 166 valence electrons. The van der Waals surface area contributed by atoms with E-state index in [1.54, 1.807) is 6.26 Å². The molecule has 1 unspecified atom stereocenters. The van der Waals surface area contributed by atoms with Crippen LogP contribution in [0.4, 0.5) is 5.69 Å². The molecule has 0 bridgehead atoms. The van der Waals surface area contributed by atoms with E-state index in [2.05, 4.69) is 56.0 Å². The van der Waals surface area contributed by atoms with Gasteiger partial charge in [0, 0.05) is 13.0 Å². The molecule has 0 spiro atoms. The fourth-order valence-electron chi connectivity index (χ4n) is 4.21. The number of furan rings is 1. The minimum absolute atomic E-state index is 0.0230. The molecule has 32 heavy (non-hydrogen) atoms. The van der Waals surface area contributed by atoms with Gasteiger partial charge in [-0.3, -0.25) is 4.79 Å². The maximum Gasteiger partial charge on any atom is 0.259 e. The van der Waals surface area contributed by atoms with Gasteiger partial charge in [-0.2, -0.15) is 0 Å². The number of unbranched alkanes of at least 4 members (excludes halogenated alkanes) is 1. The van der Waals surface area contributed by atoms with E-state index in [4.69, 9.17) is 9.41 Å². The maximum absolute atomic E-state index is 13.7. The van der Waals surface area contributed by atoms with E-state index in [9.17, 15) is 4.79 Å². The fourth-order valence-corrected chi connectivity index (χ4v) is 4.21. The van der Waals surface area contributed by atoms with Crippen LogP contribution in [0.1, 0.15) is 42.2 Å². The number of guanidine groups is 1. The fraction of sp³-hybridized carbons (Fsp3) is 0.333. The number of carbonyl (C=O) groups is 1. The van der Waals surface area contributed by atoms with Gasteiger partial charge in [-0.1, -0.05) is 49.7 Å². The van der Waals surface area contributed by atoms with Crippen LogP contribution >= 0.6 is 0 Å². The lowest BCUT2D eigenvalue weighted by molar-refractivity contribution is -0.118. The van der Waals surface area contributed by atoms with Gasteiger partial charge in [-0.05, 0) is 61.2 Å². The molecule has 5 heteroatoms. The molecule has 1 atom stereocenters. The lowest BCUT2D eigenvalue weighted by Crippen LogP contribution is -2.45. The summed E-state index contributed by atoms with van der Waals surface area (Å²) < 4.78 is 5.63. The molecule has 2 aromatic carbocycles. The second-order valence-electron chi connectivity index (χ2n) is 8.51. The molecule has 0 radical (unpaired) electrons. The normalized spacial score (nSPS) is 15.8. The SMILES string of the molecule is CCCCN(Cc1ccco1)C1=NC(Cc2ccccc2)C(=O)N1c1cc(C)cc(C)c1. The summed E-state index contributed by atoms with van der Waals surface area (Å²) in [6.45, 7) is 7.69. The number of hydrogen-bond acceptors (Lipinski definition) is 4. The predicted octanol–water partition coefficient (Wildman–Crippen LogP) is 5.51. The van der Waals surface area contributed by atoms with Crippen molar-refractivity contribution in [2.24, 2.45) is 4.99 Å². The second kappa shape index (κ2) is 9.86. The first kappa shape index (κ1) is 21.9. The molecule has 4 rings (SSSR count). The van der Waals surface area contributed by atoms with Crippen molar-refractivity contribution in [2.75, 3.05) is 11.4 Å². The van der Waals surface area contributed by atoms with E-state index >= 15 is 0 Å². The minimum atomic E-state index is -0.436. The lowest BCUT2D eigenvalue weighted by atomic mass is 10.1. The van der Waals surface area contributed by atoms with Crippen molar-refractivity contribution in [3.05, 3.63) is 89.4 Å². The Kier molecular flexibility index (Phi) is 6.74. The Bertz CT molecular complexity index is 1050. The van der Waals surface area contributed by atoms with Crippen LogP contribution in [0.2, 0.25) is 0 Å². The number of aliphatic imine (C=N–C) groups is 1. The van der Waals surface area contributed by atoms with Crippen molar-refractivity contribution in [2.45, 2.75) is 52.6 Å². The average Bonchev–Trinajstić information content (AvgIpc) is 3.39. The molecule has 5 nitrogen and oxygen atoms in total. The number of aryl methyl sites for hydroxylation is 2. The highest BCUT2D eigenvalue weighted by Gasteiger charge is 2.38. The zero-order chi connectivity index (χ0) is 22.5. The van der Waals surface area contributed by atoms with Gasteiger partial charge in [-0.25, -0.2) is 9.89 Å². The van der Waals surface area contributed by atoms with Crippen molar-refractivity contribution in [3.8, 4) is 0 Å². The Labute approximate surface area is 190 Å². The van der Waals surface area contributed by atoms with Gasteiger partial charge in [0.1, 0.15) is 11.8 Å². The van der Waals surface area contributed by atoms with Crippen LogP contribution in [0.5, 0.6) is 0 Å². The highest BCUT2D eigenvalue weighted by Crippen LogP contribution is 2.28. The molecule has 1 aromatic heterocycles. The zero-order valence-electron chi connectivity index (χ0n) is 19.1. The number of nitrogens with zero attached hydrogens (tertiary/aromatic N) is 3. The Hall–Kier alpha value is -3.34. The summed E-state index contributed by atoms with van der Waals surface area (Å²) in [7, 11) is 0. The molecular weight excluding hydrogens is 398 g/mol. The number of carbonyl (C=O) groups excluding carboxylic acids is 1. The van der Waals surface area contributed by atoms with Gasteiger partial charge in [0.2, 0.25) is 5.96 Å². The van der Waals surface area contributed by atoms with Crippen LogP contribution < -0.4 is 4.90 Å². The molecular formula is C27H31N3O2. The van der Waals surface area contributed by atoms with Crippen LogP contribution in [-0.2, 0) is 17.8 Å². The van der Waals surface area contributed by atoms with Crippen molar-refractivity contribution in [1.82, 2.24) is 4.90 Å². The first-order valence-corrected chi connectivity index (χ1v) is 11.4. The van der Waals surface area contributed by atoms with Crippen molar-refractivity contribution < 1.29 is 9.21 Å². The standard InChI is InChI=1S/C27H31N3O2/c1-4-5-13-29(19-24-12-9-14-32-24)27-28-25(18-22-10-7-6-8-11-22)26(31)30(27)23-16-20(2)15-21(3)17-23/h6-12,14-17,25H,4-5,13,18-19H2,1-3H3. The van der Waals surface area contributed by atoms with Crippen LogP contribution in [0, 0.1) is 13.8 Å². The van der Waals surface area contributed by atoms with Crippen molar-refractivity contribution in [3.63, 3.8) is 0 Å². The molecule has 1 amide bonds. The first-order valence-electron chi connectivity index (χ1n) is 11.4. The monoisotopic (exact) mass is 429 g/mol. The number of anilines is 1. The Morgan fingerprint density at radius 3 is 2.44 bits per heavy atom. The first-order chi connectivity index (χ1) is 15.5. The largest absolute Gasteiger partial charge is 0.467 e. The lowest BCUT2D eigenvalue weighted by Gasteiger charge is -2.29. The Morgan fingerprint density at radius 2 is 1.78 bits per heavy atom. The number of amides is 1. The number of benzene rings is 2. The van der Waals surface area contributed by atoms with E-state index in [0.717, 1.165) is 47.5 Å². The van der Waals surface area contributed by atoms with Crippen molar-refractivity contribution >= 4 is 17.6 Å². The van der Waals surface area contributed by atoms with Crippen LogP contribution in [0.25, 0.3) is 0 Å². The van der Waals surface area contributed by atoms with Crippen LogP contribution in [0.15, 0.2) is 76.3 Å². The quantitative estimate of drug-likeness (QED) is 0.474. The molecule has 0 N–H and O–H groups in total. The number of rotatable bonds is 8. The van der Waals surface area contributed by atoms with Gasteiger partial charge < -0.3 is 9.32 Å².